The normalized spacial score (nSPS) is 10.4. The Kier molecular flexibility index (Phi) is 11.7. The van der Waals surface area contributed by atoms with Crippen LogP contribution in [0.2, 0.25) is 0 Å². The third-order valence-corrected chi connectivity index (χ3v) is 5.10. The second-order valence-electron chi connectivity index (χ2n) is 7.75. The Hall–Kier alpha value is -2.27. The van der Waals surface area contributed by atoms with Crippen molar-refractivity contribution in [3.63, 3.8) is 0 Å². The summed E-state index contributed by atoms with van der Waals surface area (Å²) < 4.78 is 5.78. The minimum atomic E-state index is 0.792. The molecule has 0 unspecified atom stereocenters. The van der Waals surface area contributed by atoms with Crippen molar-refractivity contribution in [1.29, 1.82) is 0 Å². The molecule has 2 rings (SSSR count). The van der Waals surface area contributed by atoms with Crippen LogP contribution in [0.15, 0.2) is 42.6 Å². The van der Waals surface area contributed by atoms with Gasteiger partial charge < -0.3 is 4.74 Å². The molecule has 2 heteroatoms. The van der Waals surface area contributed by atoms with Gasteiger partial charge in [0.05, 0.1) is 6.61 Å². The average molecular weight is 392 g/mol. The summed E-state index contributed by atoms with van der Waals surface area (Å²) in [5.74, 6) is 7.28. The molecule has 0 aliphatic carbocycles. The number of rotatable bonds is 13. The fourth-order valence-electron chi connectivity index (χ4n) is 3.25. The van der Waals surface area contributed by atoms with Crippen molar-refractivity contribution in [3.8, 4) is 17.6 Å². The Bertz CT molecular complexity index is 722. The van der Waals surface area contributed by atoms with E-state index in [0.717, 1.165) is 36.5 Å². The van der Waals surface area contributed by atoms with E-state index in [4.69, 9.17) is 4.74 Å². The third-order valence-electron chi connectivity index (χ3n) is 5.10. The van der Waals surface area contributed by atoms with E-state index in [9.17, 15) is 0 Å². The number of nitrogens with zero attached hydrogens (tertiary/aromatic N) is 1. The fraction of sp³-hybridized carbons (Fsp3) is 0.519. The van der Waals surface area contributed by atoms with E-state index < -0.39 is 0 Å². The standard InChI is InChI=1S/C27H37NO/c1-3-5-7-9-10-11-13-25-15-19-26(28-23-25)18-14-24-16-20-27(21-17-24)29-22-12-8-6-4-2/h15-17,19-21,23H,3-13,22H2,1-2H3. The molecule has 0 fully saturated rings. The Morgan fingerprint density at radius 1 is 0.724 bits per heavy atom. The number of aromatic nitrogens is 1. The van der Waals surface area contributed by atoms with Crippen LogP contribution < -0.4 is 4.74 Å². The predicted octanol–water partition coefficient (Wildman–Crippen LogP) is 7.34. The average Bonchev–Trinajstić information content (AvgIpc) is 2.76. The molecule has 0 aliphatic heterocycles. The molecule has 1 aromatic carbocycles. The lowest BCUT2D eigenvalue weighted by atomic mass is 10.1. The molecule has 0 spiro atoms. The van der Waals surface area contributed by atoms with E-state index in [1.807, 2.05) is 36.5 Å². The van der Waals surface area contributed by atoms with Crippen molar-refractivity contribution in [3.05, 3.63) is 59.4 Å². The highest BCUT2D eigenvalue weighted by molar-refractivity contribution is 5.42. The van der Waals surface area contributed by atoms with Crippen LogP contribution in [0.25, 0.3) is 0 Å². The van der Waals surface area contributed by atoms with Crippen LogP contribution in [-0.2, 0) is 6.42 Å². The summed E-state index contributed by atoms with van der Waals surface area (Å²) in [5, 5.41) is 0. The fourth-order valence-corrected chi connectivity index (χ4v) is 3.25. The lowest BCUT2D eigenvalue weighted by Crippen LogP contribution is -1.96. The third kappa shape index (κ3) is 10.2. The van der Waals surface area contributed by atoms with Crippen molar-refractivity contribution >= 4 is 0 Å². The highest BCUT2D eigenvalue weighted by atomic mass is 16.5. The van der Waals surface area contributed by atoms with Crippen LogP contribution in [0.5, 0.6) is 5.75 Å². The van der Waals surface area contributed by atoms with Gasteiger partial charge >= 0.3 is 0 Å². The van der Waals surface area contributed by atoms with Gasteiger partial charge in [0.25, 0.3) is 0 Å². The van der Waals surface area contributed by atoms with Crippen LogP contribution in [0.3, 0.4) is 0 Å². The van der Waals surface area contributed by atoms with Crippen molar-refractivity contribution < 1.29 is 4.74 Å². The van der Waals surface area contributed by atoms with Gasteiger partial charge in [-0.15, -0.1) is 0 Å². The van der Waals surface area contributed by atoms with E-state index in [1.54, 1.807) is 0 Å². The zero-order valence-corrected chi connectivity index (χ0v) is 18.4. The molecule has 29 heavy (non-hydrogen) atoms. The van der Waals surface area contributed by atoms with Crippen LogP contribution in [0.1, 0.15) is 94.9 Å². The summed E-state index contributed by atoms with van der Waals surface area (Å²) in [5.41, 5.74) is 3.13. The molecule has 0 saturated heterocycles. The molecule has 0 radical (unpaired) electrons. The molecule has 0 saturated carbocycles. The van der Waals surface area contributed by atoms with Crippen LogP contribution in [0, 0.1) is 11.8 Å². The minimum Gasteiger partial charge on any atom is -0.494 e. The summed E-state index contributed by atoms with van der Waals surface area (Å²) in [4.78, 5) is 4.51. The van der Waals surface area contributed by atoms with Crippen LogP contribution in [-0.4, -0.2) is 11.6 Å². The van der Waals surface area contributed by atoms with Gasteiger partial charge in [-0.1, -0.05) is 77.2 Å². The maximum absolute atomic E-state index is 5.78. The first-order chi connectivity index (χ1) is 14.3. The van der Waals surface area contributed by atoms with Gasteiger partial charge in [-0.3, -0.25) is 0 Å². The summed E-state index contributed by atoms with van der Waals surface area (Å²) in [6.07, 6.45) is 16.0. The molecule has 2 nitrogen and oxygen atoms in total. The quantitative estimate of drug-likeness (QED) is 0.263. The van der Waals surface area contributed by atoms with E-state index in [-0.39, 0.29) is 0 Å². The molecule has 0 N–H and O–H groups in total. The van der Waals surface area contributed by atoms with Crippen molar-refractivity contribution in [2.24, 2.45) is 0 Å². The van der Waals surface area contributed by atoms with Gasteiger partial charge in [-0.2, -0.15) is 0 Å². The number of benzene rings is 1. The van der Waals surface area contributed by atoms with E-state index >= 15 is 0 Å². The molecular formula is C27H37NO. The first-order valence-electron chi connectivity index (χ1n) is 11.5. The first kappa shape index (κ1) is 23.0. The summed E-state index contributed by atoms with van der Waals surface area (Å²) >= 11 is 0. The summed E-state index contributed by atoms with van der Waals surface area (Å²) in [6.45, 7) is 5.27. The zero-order valence-electron chi connectivity index (χ0n) is 18.4. The van der Waals surface area contributed by atoms with Gasteiger partial charge in [-0.05, 0) is 61.1 Å². The second kappa shape index (κ2) is 14.7. The Morgan fingerprint density at radius 2 is 1.41 bits per heavy atom. The maximum Gasteiger partial charge on any atom is 0.119 e. The highest BCUT2D eigenvalue weighted by Crippen LogP contribution is 2.13. The van der Waals surface area contributed by atoms with Crippen molar-refractivity contribution in [1.82, 2.24) is 4.98 Å². The number of pyridine rings is 1. The predicted molar refractivity (Wildman–Crippen MR) is 123 cm³/mol. The van der Waals surface area contributed by atoms with Gasteiger partial charge in [0.2, 0.25) is 0 Å². The molecular weight excluding hydrogens is 354 g/mol. The lowest BCUT2D eigenvalue weighted by molar-refractivity contribution is 0.305. The molecule has 1 aromatic heterocycles. The molecule has 0 amide bonds. The second-order valence-corrected chi connectivity index (χ2v) is 7.75. The van der Waals surface area contributed by atoms with Gasteiger partial charge in [0, 0.05) is 11.8 Å². The smallest absolute Gasteiger partial charge is 0.119 e. The number of hydrogen-bond acceptors (Lipinski definition) is 2. The van der Waals surface area contributed by atoms with Crippen molar-refractivity contribution in [2.75, 3.05) is 6.61 Å². The van der Waals surface area contributed by atoms with Crippen molar-refractivity contribution in [2.45, 2.75) is 84.5 Å². The summed E-state index contributed by atoms with van der Waals surface area (Å²) in [7, 11) is 0. The van der Waals surface area contributed by atoms with Gasteiger partial charge in [0.15, 0.2) is 0 Å². The molecule has 1 heterocycles. The largest absolute Gasteiger partial charge is 0.494 e. The SMILES string of the molecule is CCCCCCCCc1ccc(C#Cc2ccc(OCCCCCC)cc2)nc1. The van der Waals surface area contributed by atoms with E-state index in [0.29, 0.717) is 0 Å². The topological polar surface area (TPSA) is 22.1 Å². The van der Waals surface area contributed by atoms with E-state index in [1.165, 1.54) is 63.4 Å². The number of ether oxygens (including phenoxy) is 1. The first-order valence-corrected chi connectivity index (χ1v) is 11.5. The van der Waals surface area contributed by atoms with Crippen LogP contribution in [0.4, 0.5) is 0 Å². The molecule has 2 aromatic rings. The minimum absolute atomic E-state index is 0.792. The maximum atomic E-state index is 5.78. The Balaban J connectivity index is 1.73. The molecule has 156 valence electrons. The molecule has 0 bridgehead atoms. The molecule has 0 aliphatic rings. The zero-order chi connectivity index (χ0) is 20.6. The highest BCUT2D eigenvalue weighted by Gasteiger charge is 1.97. The number of unbranched alkanes of at least 4 members (excludes halogenated alkanes) is 8. The summed E-state index contributed by atoms with van der Waals surface area (Å²) in [6, 6.07) is 12.2. The van der Waals surface area contributed by atoms with Crippen LogP contribution >= 0.6 is 0 Å². The molecule has 0 atom stereocenters. The monoisotopic (exact) mass is 391 g/mol. The number of hydrogen-bond donors (Lipinski definition) is 0. The Morgan fingerprint density at radius 3 is 2.10 bits per heavy atom. The van der Waals surface area contributed by atoms with Gasteiger partial charge in [-0.25, -0.2) is 4.98 Å². The lowest BCUT2D eigenvalue weighted by Gasteiger charge is -2.05. The van der Waals surface area contributed by atoms with Gasteiger partial charge in [0.1, 0.15) is 11.4 Å². The van der Waals surface area contributed by atoms with E-state index in [2.05, 4.69) is 36.7 Å². The Labute approximate surface area is 178 Å². The number of aryl methyl sites for hydroxylation is 1.